The van der Waals surface area contributed by atoms with Gasteiger partial charge < -0.3 is 0 Å². The molecule has 0 unspecified atom stereocenters. The van der Waals surface area contributed by atoms with Crippen LogP contribution in [0.2, 0.25) is 0 Å². The minimum absolute atomic E-state index is 0.185. The number of nitrogens with zero attached hydrogens (tertiary/aromatic N) is 2. The van der Waals surface area contributed by atoms with Crippen LogP contribution in [-0.4, -0.2) is 6.18 Å². The third-order valence-corrected chi connectivity index (χ3v) is 3.23. The van der Waals surface area contributed by atoms with Gasteiger partial charge in [-0.05, 0) is 28.8 Å². The molecule has 0 saturated carbocycles. The molecule has 0 spiro atoms. The number of rotatable bonds is 3. The SMILES string of the molecule is N#Cc1cccc(C#N)c1Cc1ccc(CC(F)(F)F)cc1. The zero-order chi connectivity index (χ0) is 16.2. The predicted molar refractivity (Wildman–Crippen MR) is 74.9 cm³/mol. The molecule has 2 nitrogen and oxygen atoms in total. The summed E-state index contributed by atoms with van der Waals surface area (Å²) in [4.78, 5) is 0. The highest BCUT2D eigenvalue weighted by Crippen LogP contribution is 2.23. The largest absolute Gasteiger partial charge is 0.393 e. The molecule has 2 aromatic rings. The van der Waals surface area contributed by atoms with Gasteiger partial charge in [0.05, 0.1) is 29.7 Å². The fourth-order valence-corrected chi connectivity index (χ4v) is 2.20. The van der Waals surface area contributed by atoms with Gasteiger partial charge >= 0.3 is 6.18 Å². The van der Waals surface area contributed by atoms with Crippen LogP contribution in [0, 0.1) is 22.7 Å². The highest BCUT2D eigenvalue weighted by Gasteiger charge is 2.27. The number of hydrogen-bond donors (Lipinski definition) is 0. The predicted octanol–water partition coefficient (Wildman–Crippen LogP) is 4.13. The Kier molecular flexibility index (Phi) is 4.48. The van der Waals surface area contributed by atoms with Crippen molar-refractivity contribution in [1.82, 2.24) is 0 Å². The van der Waals surface area contributed by atoms with E-state index in [2.05, 4.69) is 0 Å². The van der Waals surface area contributed by atoms with E-state index in [-0.39, 0.29) is 5.56 Å². The first kappa shape index (κ1) is 15.6. The topological polar surface area (TPSA) is 47.6 Å². The van der Waals surface area contributed by atoms with E-state index >= 15 is 0 Å². The molecule has 0 amide bonds. The standard InChI is InChI=1S/C17H11F3N2/c18-17(19,20)9-13-6-4-12(5-7-13)8-16-14(10-21)2-1-3-15(16)11-22/h1-7H,8-9H2. The van der Waals surface area contributed by atoms with E-state index in [9.17, 15) is 13.2 Å². The van der Waals surface area contributed by atoms with Crippen LogP contribution >= 0.6 is 0 Å². The number of hydrogen-bond acceptors (Lipinski definition) is 2. The zero-order valence-corrected chi connectivity index (χ0v) is 11.5. The molecule has 0 aliphatic carbocycles. The Morgan fingerprint density at radius 1 is 0.818 bits per heavy atom. The molecule has 22 heavy (non-hydrogen) atoms. The summed E-state index contributed by atoms with van der Waals surface area (Å²) in [6.07, 6.45) is -4.87. The van der Waals surface area contributed by atoms with E-state index in [1.54, 1.807) is 30.3 Å². The summed E-state index contributed by atoms with van der Waals surface area (Å²) in [7, 11) is 0. The van der Waals surface area contributed by atoms with Crippen LogP contribution in [0.1, 0.15) is 27.8 Å². The summed E-state index contributed by atoms with van der Waals surface area (Å²) in [6, 6.07) is 15.0. The second kappa shape index (κ2) is 6.32. The first-order valence-corrected chi connectivity index (χ1v) is 6.49. The Hall–Kier alpha value is -2.79. The van der Waals surface area contributed by atoms with Crippen molar-refractivity contribution in [2.24, 2.45) is 0 Å². The van der Waals surface area contributed by atoms with Gasteiger partial charge in [0.15, 0.2) is 0 Å². The maximum atomic E-state index is 12.3. The highest BCUT2D eigenvalue weighted by molar-refractivity contribution is 5.50. The first-order chi connectivity index (χ1) is 10.4. The third-order valence-electron chi connectivity index (χ3n) is 3.23. The van der Waals surface area contributed by atoms with Crippen molar-refractivity contribution in [3.8, 4) is 12.1 Å². The lowest BCUT2D eigenvalue weighted by molar-refractivity contribution is -0.127. The molecule has 0 aromatic heterocycles. The molecule has 5 heteroatoms. The second-order valence-electron chi connectivity index (χ2n) is 4.84. The van der Waals surface area contributed by atoms with Crippen molar-refractivity contribution in [3.63, 3.8) is 0 Å². The summed E-state index contributed by atoms with van der Waals surface area (Å²) in [5.74, 6) is 0. The molecule has 110 valence electrons. The number of alkyl halides is 3. The Morgan fingerprint density at radius 2 is 1.32 bits per heavy atom. The van der Waals surface area contributed by atoms with Gasteiger partial charge in [0.1, 0.15) is 0 Å². The van der Waals surface area contributed by atoms with E-state index in [0.29, 0.717) is 23.1 Å². The Bertz CT molecular complexity index is 715. The van der Waals surface area contributed by atoms with Crippen molar-refractivity contribution >= 4 is 0 Å². The van der Waals surface area contributed by atoms with Crippen LogP contribution in [0.4, 0.5) is 13.2 Å². The van der Waals surface area contributed by atoms with Gasteiger partial charge in [-0.15, -0.1) is 0 Å². The average Bonchev–Trinajstić information content (AvgIpc) is 2.48. The first-order valence-electron chi connectivity index (χ1n) is 6.49. The fourth-order valence-electron chi connectivity index (χ4n) is 2.20. The Morgan fingerprint density at radius 3 is 1.77 bits per heavy atom. The molecule has 0 saturated heterocycles. The van der Waals surface area contributed by atoms with Crippen LogP contribution < -0.4 is 0 Å². The summed E-state index contributed by atoms with van der Waals surface area (Å²) in [5, 5.41) is 18.2. The van der Waals surface area contributed by atoms with Crippen molar-refractivity contribution in [2.45, 2.75) is 19.0 Å². The van der Waals surface area contributed by atoms with Crippen molar-refractivity contribution in [3.05, 3.63) is 70.3 Å². The van der Waals surface area contributed by atoms with Gasteiger partial charge in [-0.2, -0.15) is 23.7 Å². The molecule has 0 atom stereocenters. The van der Waals surface area contributed by atoms with E-state index in [1.807, 2.05) is 12.1 Å². The van der Waals surface area contributed by atoms with Crippen LogP contribution in [-0.2, 0) is 12.8 Å². The van der Waals surface area contributed by atoms with E-state index < -0.39 is 12.6 Å². The van der Waals surface area contributed by atoms with Gasteiger partial charge in [-0.1, -0.05) is 30.3 Å². The normalized spacial score (nSPS) is 10.8. The van der Waals surface area contributed by atoms with Gasteiger partial charge in [0, 0.05) is 6.42 Å². The van der Waals surface area contributed by atoms with E-state index in [0.717, 1.165) is 5.56 Å². The molecule has 0 heterocycles. The molecule has 2 aromatic carbocycles. The lowest BCUT2D eigenvalue weighted by Gasteiger charge is -2.09. The molecular weight excluding hydrogens is 289 g/mol. The minimum Gasteiger partial charge on any atom is -0.192 e. The summed E-state index contributed by atoms with van der Waals surface area (Å²) >= 11 is 0. The molecule has 0 bridgehead atoms. The third kappa shape index (κ3) is 3.86. The number of nitriles is 2. The smallest absolute Gasteiger partial charge is 0.192 e. The number of halogens is 3. The van der Waals surface area contributed by atoms with Gasteiger partial charge in [-0.25, -0.2) is 0 Å². The van der Waals surface area contributed by atoms with Crippen molar-refractivity contribution < 1.29 is 13.2 Å². The van der Waals surface area contributed by atoms with Crippen molar-refractivity contribution in [1.29, 1.82) is 10.5 Å². The van der Waals surface area contributed by atoms with Crippen LogP contribution in [0.15, 0.2) is 42.5 Å². The quantitative estimate of drug-likeness (QED) is 0.855. The van der Waals surface area contributed by atoms with Crippen LogP contribution in [0.25, 0.3) is 0 Å². The van der Waals surface area contributed by atoms with Gasteiger partial charge in [0.2, 0.25) is 0 Å². The maximum Gasteiger partial charge on any atom is 0.393 e. The molecule has 0 N–H and O–H groups in total. The monoisotopic (exact) mass is 300 g/mol. The summed E-state index contributed by atoms with van der Waals surface area (Å²) < 4.78 is 36.9. The Labute approximate surface area is 126 Å². The van der Waals surface area contributed by atoms with Crippen LogP contribution in [0.5, 0.6) is 0 Å². The number of benzene rings is 2. The zero-order valence-electron chi connectivity index (χ0n) is 11.5. The molecule has 0 radical (unpaired) electrons. The van der Waals surface area contributed by atoms with E-state index in [1.165, 1.54) is 12.1 Å². The summed E-state index contributed by atoms with van der Waals surface area (Å²) in [5.41, 5.74) is 2.34. The minimum atomic E-state index is -4.23. The van der Waals surface area contributed by atoms with E-state index in [4.69, 9.17) is 10.5 Å². The van der Waals surface area contributed by atoms with Gasteiger partial charge in [0.25, 0.3) is 0 Å². The fraction of sp³-hybridized carbons (Fsp3) is 0.176. The Balaban J connectivity index is 2.26. The molecule has 2 rings (SSSR count). The second-order valence-corrected chi connectivity index (χ2v) is 4.84. The lowest BCUT2D eigenvalue weighted by atomic mass is 9.95. The lowest BCUT2D eigenvalue weighted by Crippen LogP contribution is -2.11. The molecule has 0 aliphatic rings. The van der Waals surface area contributed by atoms with Gasteiger partial charge in [-0.3, -0.25) is 0 Å². The molecular formula is C17H11F3N2. The molecule has 0 aliphatic heterocycles. The maximum absolute atomic E-state index is 12.3. The highest BCUT2D eigenvalue weighted by atomic mass is 19.4. The van der Waals surface area contributed by atoms with Crippen LogP contribution in [0.3, 0.4) is 0 Å². The van der Waals surface area contributed by atoms with Crippen molar-refractivity contribution in [2.75, 3.05) is 0 Å². The summed E-state index contributed by atoms with van der Waals surface area (Å²) in [6.45, 7) is 0. The molecule has 0 fully saturated rings. The average molecular weight is 300 g/mol.